The number of carbonyl (C=O) groups excluding carboxylic acids is 2. The molecule has 0 aliphatic carbocycles. The summed E-state index contributed by atoms with van der Waals surface area (Å²) in [6, 6.07) is 8.16. The van der Waals surface area contributed by atoms with Crippen molar-refractivity contribution in [3.8, 4) is 0 Å². The summed E-state index contributed by atoms with van der Waals surface area (Å²) in [5.74, 6) is 0.231. The molecule has 6 nitrogen and oxygen atoms in total. The molecule has 2 saturated heterocycles. The second kappa shape index (κ2) is 8.34. The van der Waals surface area contributed by atoms with Crippen molar-refractivity contribution in [3.05, 3.63) is 35.4 Å². The van der Waals surface area contributed by atoms with Crippen LogP contribution in [0.25, 0.3) is 0 Å². The third-order valence-electron chi connectivity index (χ3n) is 5.04. The molecule has 2 fully saturated rings. The van der Waals surface area contributed by atoms with Gasteiger partial charge in [0.05, 0.1) is 6.54 Å². The molecule has 1 aromatic rings. The third kappa shape index (κ3) is 4.95. The number of nitrogens with zero attached hydrogens (tertiary/aromatic N) is 3. The molecule has 2 aliphatic heterocycles. The SMILES string of the molecule is Cc1ccc(CNC(=O)N2CCN(CC(=O)N3CCCC3)CC2)cc1. The summed E-state index contributed by atoms with van der Waals surface area (Å²) in [5, 5.41) is 2.98. The largest absolute Gasteiger partial charge is 0.342 e. The van der Waals surface area contributed by atoms with Crippen LogP contribution in [0.1, 0.15) is 24.0 Å². The molecule has 136 valence electrons. The summed E-state index contributed by atoms with van der Waals surface area (Å²) in [7, 11) is 0. The van der Waals surface area contributed by atoms with Gasteiger partial charge in [-0.1, -0.05) is 29.8 Å². The Morgan fingerprint density at radius 3 is 2.20 bits per heavy atom. The lowest BCUT2D eigenvalue weighted by Gasteiger charge is -2.35. The van der Waals surface area contributed by atoms with Crippen LogP contribution in [-0.2, 0) is 11.3 Å². The summed E-state index contributed by atoms with van der Waals surface area (Å²) >= 11 is 0. The highest BCUT2D eigenvalue weighted by molar-refractivity contribution is 5.78. The Kier molecular flexibility index (Phi) is 5.91. The second-order valence-electron chi connectivity index (χ2n) is 7.00. The number of hydrogen-bond donors (Lipinski definition) is 1. The van der Waals surface area contributed by atoms with E-state index in [0.29, 0.717) is 26.2 Å². The number of rotatable bonds is 4. The Labute approximate surface area is 149 Å². The molecule has 0 unspecified atom stereocenters. The van der Waals surface area contributed by atoms with Gasteiger partial charge in [-0.05, 0) is 25.3 Å². The van der Waals surface area contributed by atoms with Crippen molar-refractivity contribution in [2.75, 3.05) is 45.8 Å². The van der Waals surface area contributed by atoms with Gasteiger partial charge < -0.3 is 15.1 Å². The molecule has 0 spiro atoms. The van der Waals surface area contributed by atoms with Gasteiger partial charge in [-0.15, -0.1) is 0 Å². The number of carbonyl (C=O) groups is 2. The zero-order chi connectivity index (χ0) is 17.6. The minimum atomic E-state index is -0.0221. The number of amides is 3. The lowest BCUT2D eigenvalue weighted by molar-refractivity contribution is -0.131. The van der Waals surface area contributed by atoms with E-state index in [0.717, 1.165) is 44.6 Å². The van der Waals surface area contributed by atoms with Gasteiger partial charge in [0.15, 0.2) is 0 Å². The first-order chi connectivity index (χ1) is 12.1. The summed E-state index contributed by atoms with van der Waals surface area (Å²) in [5.41, 5.74) is 2.32. The lowest BCUT2D eigenvalue weighted by Crippen LogP contribution is -2.53. The Balaban J connectivity index is 1.38. The highest BCUT2D eigenvalue weighted by Gasteiger charge is 2.25. The minimum Gasteiger partial charge on any atom is -0.342 e. The first-order valence-corrected chi connectivity index (χ1v) is 9.20. The predicted octanol–water partition coefficient (Wildman–Crippen LogP) is 1.44. The molecule has 3 amide bonds. The maximum atomic E-state index is 12.3. The van der Waals surface area contributed by atoms with Crippen LogP contribution in [0, 0.1) is 6.92 Å². The molecule has 2 heterocycles. The molecule has 6 heteroatoms. The standard InChI is InChI=1S/C19H28N4O2/c1-16-4-6-17(7-5-16)14-20-19(25)23-12-10-21(11-13-23)15-18(24)22-8-2-3-9-22/h4-7H,2-3,8-15H2,1H3,(H,20,25). The highest BCUT2D eigenvalue weighted by Crippen LogP contribution is 2.09. The molecule has 0 saturated carbocycles. The summed E-state index contributed by atoms with van der Waals surface area (Å²) in [4.78, 5) is 30.5. The zero-order valence-electron chi connectivity index (χ0n) is 15.0. The van der Waals surface area contributed by atoms with Crippen molar-refractivity contribution in [3.63, 3.8) is 0 Å². The minimum absolute atomic E-state index is 0.0221. The van der Waals surface area contributed by atoms with E-state index < -0.39 is 0 Å². The number of likely N-dealkylation sites (tertiary alicyclic amines) is 1. The molecule has 0 bridgehead atoms. The van der Waals surface area contributed by atoms with Crippen LogP contribution in [0.3, 0.4) is 0 Å². The Bertz CT molecular complexity index is 588. The van der Waals surface area contributed by atoms with Crippen LogP contribution >= 0.6 is 0 Å². The topological polar surface area (TPSA) is 55.9 Å². The van der Waals surface area contributed by atoms with Crippen LogP contribution in [-0.4, -0.2) is 72.5 Å². The highest BCUT2D eigenvalue weighted by atomic mass is 16.2. The quantitative estimate of drug-likeness (QED) is 0.899. The number of hydrogen-bond acceptors (Lipinski definition) is 3. The number of urea groups is 1. The van der Waals surface area contributed by atoms with Crippen LogP contribution < -0.4 is 5.32 Å². The lowest BCUT2D eigenvalue weighted by atomic mass is 10.1. The van der Waals surface area contributed by atoms with Crippen molar-refractivity contribution < 1.29 is 9.59 Å². The third-order valence-corrected chi connectivity index (χ3v) is 5.04. The monoisotopic (exact) mass is 344 g/mol. The predicted molar refractivity (Wildman–Crippen MR) is 97.2 cm³/mol. The molecular weight excluding hydrogens is 316 g/mol. The van der Waals surface area contributed by atoms with Gasteiger partial charge in [0.2, 0.25) is 5.91 Å². The van der Waals surface area contributed by atoms with Gasteiger partial charge in [0.25, 0.3) is 0 Å². The van der Waals surface area contributed by atoms with Gasteiger partial charge in [-0.2, -0.15) is 0 Å². The fourth-order valence-electron chi connectivity index (χ4n) is 3.36. The normalized spacial score (nSPS) is 18.4. The van der Waals surface area contributed by atoms with Gasteiger partial charge in [0, 0.05) is 45.8 Å². The summed E-state index contributed by atoms with van der Waals surface area (Å²) in [6.07, 6.45) is 2.25. The van der Waals surface area contributed by atoms with Crippen molar-refractivity contribution in [1.29, 1.82) is 0 Å². The van der Waals surface area contributed by atoms with E-state index in [1.807, 2.05) is 21.9 Å². The molecular formula is C19H28N4O2. The Hall–Kier alpha value is -2.08. The van der Waals surface area contributed by atoms with Crippen LogP contribution in [0.4, 0.5) is 4.79 Å². The van der Waals surface area contributed by atoms with Crippen molar-refractivity contribution >= 4 is 11.9 Å². The number of aryl methyl sites for hydroxylation is 1. The van der Waals surface area contributed by atoms with E-state index in [4.69, 9.17) is 0 Å². The molecule has 2 aliphatic rings. The van der Waals surface area contributed by atoms with Gasteiger partial charge >= 0.3 is 6.03 Å². The maximum absolute atomic E-state index is 12.3. The van der Waals surface area contributed by atoms with E-state index in [-0.39, 0.29) is 11.9 Å². The molecule has 3 rings (SSSR count). The first kappa shape index (κ1) is 17.7. The van der Waals surface area contributed by atoms with Crippen LogP contribution in [0.5, 0.6) is 0 Å². The van der Waals surface area contributed by atoms with Crippen molar-refractivity contribution in [2.24, 2.45) is 0 Å². The molecule has 0 radical (unpaired) electrons. The first-order valence-electron chi connectivity index (χ1n) is 9.20. The summed E-state index contributed by atoms with van der Waals surface area (Å²) < 4.78 is 0. The van der Waals surface area contributed by atoms with Crippen molar-refractivity contribution in [1.82, 2.24) is 20.0 Å². The van der Waals surface area contributed by atoms with E-state index in [1.54, 1.807) is 0 Å². The molecule has 0 aromatic heterocycles. The van der Waals surface area contributed by atoms with Crippen LogP contribution in [0.2, 0.25) is 0 Å². The zero-order valence-corrected chi connectivity index (χ0v) is 15.0. The van der Waals surface area contributed by atoms with E-state index >= 15 is 0 Å². The van der Waals surface area contributed by atoms with Gasteiger partial charge in [-0.3, -0.25) is 9.69 Å². The fraction of sp³-hybridized carbons (Fsp3) is 0.579. The van der Waals surface area contributed by atoms with Crippen molar-refractivity contribution in [2.45, 2.75) is 26.3 Å². The average molecular weight is 344 g/mol. The molecule has 0 atom stereocenters. The molecule has 1 aromatic carbocycles. The number of nitrogens with one attached hydrogen (secondary N) is 1. The molecule has 25 heavy (non-hydrogen) atoms. The van der Waals surface area contributed by atoms with Gasteiger partial charge in [0.1, 0.15) is 0 Å². The smallest absolute Gasteiger partial charge is 0.317 e. The van der Waals surface area contributed by atoms with E-state index in [9.17, 15) is 9.59 Å². The van der Waals surface area contributed by atoms with E-state index in [2.05, 4.69) is 29.3 Å². The summed E-state index contributed by atoms with van der Waals surface area (Å²) in [6.45, 7) is 7.76. The van der Waals surface area contributed by atoms with Gasteiger partial charge in [-0.25, -0.2) is 4.79 Å². The average Bonchev–Trinajstić information content (AvgIpc) is 3.16. The van der Waals surface area contributed by atoms with Crippen LogP contribution in [0.15, 0.2) is 24.3 Å². The van der Waals surface area contributed by atoms with E-state index in [1.165, 1.54) is 5.56 Å². The number of piperazine rings is 1. The maximum Gasteiger partial charge on any atom is 0.317 e. The fourth-order valence-corrected chi connectivity index (χ4v) is 3.36. The Morgan fingerprint density at radius 2 is 1.56 bits per heavy atom. The number of benzene rings is 1. The Morgan fingerprint density at radius 1 is 0.920 bits per heavy atom. The molecule has 1 N–H and O–H groups in total. The second-order valence-corrected chi connectivity index (χ2v) is 7.00.